The number of nitrogens with zero attached hydrogens (tertiary/aromatic N) is 3. The molecule has 5 atom stereocenters. The van der Waals surface area contributed by atoms with Crippen molar-refractivity contribution in [3.8, 4) is 0 Å². The second kappa shape index (κ2) is 14.4. The van der Waals surface area contributed by atoms with E-state index in [2.05, 4.69) is 15.4 Å². The van der Waals surface area contributed by atoms with E-state index >= 15 is 0 Å². The number of fused-ring (bicyclic) bond motifs is 3. The van der Waals surface area contributed by atoms with Gasteiger partial charge in [0.2, 0.25) is 11.8 Å². The topological polar surface area (TPSA) is 184 Å². The first-order valence-corrected chi connectivity index (χ1v) is 19.2. The molecule has 51 heavy (non-hydrogen) atoms. The number of nitrogens with one attached hydrogen (secondary N) is 3. The molecule has 15 nitrogen and oxygen atoms in total. The highest BCUT2D eigenvalue weighted by Gasteiger charge is 2.62. The molecule has 1 saturated carbocycles. The van der Waals surface area contributed by atoms with E-state index in [1.807, 2.05) is 36.4 Å². The molecule has 1 aromatic carbocycles. The minimum atomic E-state index is -4.10. The third kappa shape index (κ3) is 8.32. The van der Waals surface area contributed by atoms with E-state index in [0.717, 1.165) is 28.3 Å². The van der Waals surface area contributed by atoms with Crippen LogP contribution in [-0.4, -0.2) is 101 Å². The Bertz CT molecular complexity index is 1660. The van der Waals surface area contributed by atoms with Gasteiger partial charge < -0.3 is 25.0 Å². The number of ether oxygens (including phenoxy) is 2. The summed E-state index contributed by atoms with van der Waals surface area (Å²) in [5, 5.41) is 5.51. The molecule has 4 aliphatic heterocycles. The van der Waals surface area contributed by atoms with Gasteiger partial charge in [0.25, 0.3) is 5.91 Å². The fourth-order valence-corrected chi connectivity index (χ4v) is 8.38. The Hall–Kier alpha value is -4.18. The van der Waals surface area contributed by atoms with E-state index in [1.54, 1.807) is 25.7 Å². The maximum Gasteiger partial charge on any atom is 0.410 e. The zero-order chi connectivity index (χ0) is 36.6. The van der Waals surface area contributed by atoms with Crippen molar-refractivity contribution < 1.29 is 41.9 Å². The minimum Gasteiger partial charge on any atom is -0.444 e. The van der Waals surface area contributed by atoms with Crippen molar-refractivity contribution >= 4 is 40.1 Å². The number of amides is 5. The number of benzene rings is 1. The number of hydrogen-bond acceptors (Lipinski definition) is 9. The Morgan fingerprint density at radius 3 is 2.35 bits per heavy atom. The summed E-state index contributed by atoms with van der Waals surface area (Å²) in [6.45, 7) is 6.34. The van der Waals surface area contributed by atoms with Gasteiger partial charge in [-0.15, -0.1) is 0 Å². The van der Waals surface area contributed by atoms with Crippen LogP contribution in [0.25, 0.3) is 0 Å². The fraction of sp³-hybridized carbons (Fsp3) is 0.629. The molecular weight excluding hydrogens is 680 g/mol. The van der Waals surface area contributed by atoms with Gasteiger partial charge in [-0.05, 0) is 64.0 Å². The lowest BCUT2D eigenvalue weighted by Crippen LogP contribution is -2.59. The van der Waals surface area contributed by atoms with E-state index in [-0.39, 0.29) is 25.8 Å². The molecule has 5 amide bonds. The highest BCUT2D eigenvalue weighted by molar-refractivity contribution is 7.87. The van der Waals surface area contributed by atoms with Crippen LogP contribution in [0.5, 0.6) is 0 Å². The van der Waals surface area contributed by atoms with Gasteiger partial charge in [0, 0.05) is 38.5 Å². The van der Waals surface area contributed by atoms with Crippen molar-refractivity contribution in [1.82, 2.24) is 29.5 Å². The molecule has 1 aromatic rings. The van der Waals surface area contributed by atoms with Gasteiger partial charge in [-0.1, -0.05) is 49.3 Å². The average molecular weight is 729 g/mol. The standard InChI is InChI=1S/C35H48N6O9S/c1-34(2,3)50-32(45)36-27-15-8-6-4-5-7-14-25-19-35(25,31(44)38-51(47,48)40-16-11-17-40)37-29(42)28-18-26(22-41(28)30(27)43)49-33(46)39-20-23-12-9-10-13-24(23)21-39/h7,9-10,12-14,25-28H,4-6,8,11,15-22H2,1-3H3,(H,36,45)(H,37,42)(H,38,44)/b14-7-/t25-,26-,27+,28+,35-/m1/s1. The number of allylic oxidation sites excluding steroid dienone is 1. The van der Waals surface area contributed by atoms with E-state index < -0.39 is 75.4 Å². The lowest BCUT2D eigenvalue weighted by atomic mass is 10.0. The summed E-state index contributed by atoms with van der Waals surface area (Å²) in [6.07, 6.45) is 5.40. The van der Waals surface area contributed by atoms with E-state index in [0.29, 0.717) is 45.4 Å². The van der Waals surface area contributed by atoms with Crippen molar-refractivity contribution in [1.29, 1.82) is 0 Å². The van der Waals surface area contributed by atoms with Gasteiger partial charge in [0.05, 0.1) is 6.54 Å². The molecule has 0 aromatic heterocycles. The molecule has 3 fully saturated rings. The first kappa shape index (κ1) is 36.6. The minimum absolute atomic E-state index is 0.0620. The number of rotatable bonds is 5. The summed E-state index contributed by atoms with van der Waals surface area (Å²) in [7, 11) is -4.10. The summed E-state index contributed by atoms with van der Waals surface area (Å²) < 4.78 is 40.4. The summed E-state index contributed by atoms with van der Waals surface area (Å²) in [5.41, 5.74) is -0.355. The van der Waals surface area contributed by atoms with Crippen LogP contribution in [-0.2, 0) is 47.2 Å². The van der Waals surface area contributed by atoms with Crippen LogP contribution < -0.4 is 15.4 Å². The predicted molar refractivity (Wildman–Crippen MR) is 184 cm³/mol. The molecule has 0 bridgehead atoms. The van der Waals surface area contributed by atoms with Crippen LogP contribution in [0.15, 0.2) is 36.4 Å². The molecule has 0 radical (unpaired) electrons. The zero-order valence-electron chi connectivity index (χ0n) is 29.4. The molecule has 0 spiro atoms. The molecule has 0 unspecified atom stereocenters. The normalized spacial score (nSPS) is 29.2. The second-order valence-electron chi connectivity index (χ2n) is 15.1. The summed E-state index contributed by atoms with van der Waals surface area (Å²) in [6, 6.07) is 5.46. The monoisotopic (exact) mass is 728 g/mol. The van der Waals surface area contributed by atoms with Crippen molar-refractivity contribution in [2.45, 2.75) is 115 Å². The number of carbonyl (C=O) groups excluding carboxylic acids is 5. The molecule has 16 heteroatoms. The fourth-order valence-electron chi connectivity index (χ4n) is 7.09. The van der Waals surface area contributed by atoms with Gasteiger partial charge >= 0.3 is 22.4 Å². The molecule has 2 saturated heterocycles. The molecule has 3 N–H and O–H groups in total. The first-order chi connectivity index (χ1) is 24.1. The zero-order valence-corrected chi connectivity index (χ0v) is 30.2. The van der Waals surface area contributed by atoms with Gasteiger partial charge in [-0.3, -0.25) is 19.3 Å². The Labute approximate surface area is 298 Å². The van der Waals surface area contributed by atoms with Crippen LogP contribution in [0.3, 0.4) is 0 Å². The molecule has 1 aliphatic carbocycles. The Balaban J connectivity index is 1.25. The van der Waals surface area contributed by atoms with Gasteiger partial charge in [-0.25, -0.2) is 14.3 Å². The van der Waals surface area contributed by atoms with Crippen molar-refractivity contribution in [3.05, 3.63) is 47.5 Å². The quantitative estimate of drug-likeness (QED) is 0.384. The molecule has 278 valence electrons. The Morgan fingerprint density at radius 1 is 1.00 bits per heavy atom. The second-order valence-corrected chi connectivity index (χ2v) is 16.8. The maximum atomic E-state index is 14.3. The van der Waals surface area contributed by atoms with Crippen LogP contribution in [0.4, 0.5) is 9.59 Å². The summed E-state index contributed by atoms with van der Waals surface area (Å²) in [4.78, 5) is 71.3. The maximum absolute atomic E-state index is 14.3. The van der Waals surface area contributed by atoms with Crippen LogP contribution in [0.2, 0.25) is 0 Å². The van der Waals surface area contributed by atoms with Crippen LogP contribution >= 0.6 is 0 Å². The number of carbonyl (C=O) groups is 5. The molecule has 6 rings (SSSR count). The Morgan fingerprint density at radius 2 is 1.71 bits per heavy atom. The van der Waals surface area contributed by atoms with Crippen LogP contribution in [0, 0.1) is 5.92 Å². The van der Waals surface area contributed by atoms with Gasteiger partial charge in [0.15, 0.2) is 0 Å². The predicted octanol–water partition coefficient (Wildman–Crippen LogP) is 2.46. The highest BCUT2D eigenvalue weighted by Crippen LogP contribution is 2.46. The number of alkyl carbamates (subject to hydrolysis) is 1. The lowest BCUT2D eigenvalue weighted by molar-refractivity contribution is -0.141. The molecular formula is C35H48N6O9S. The van der Waals surface area contributed by atoms with Crippen LogP contribution in [0.1, 0.15) is 83.3 Å². The highest BCUT2D eigenvalue weighted by atomic mass is 32.2. The van der Waals surface area contributed by atoms with Crippen molar-refractivity contribution in [3.63, 3.8) is 0 Å². The SMILES string of the molecule is CC(C)(C)OC(=O)N[C@H]1CCCCC/C=C\[C@@H]2C[C@@]2(C(=O)NS(=O)(=O)N2CCC2)NC(=O)[C@@H]2C[C@@H](OC(=O)N3Cc4ccccc4C3)CN2C1=O. The number of hydrogen-bond donors (Lipinski definition) is 3. The summed E-state index contributed by atoms with van der Waals surface area (Å²) >= 11 is 0. The van der Waals surface area contributed by atoms with Gasteiger partial charge in [-0.2, -0.15) is 12.7 Å². The van der Waals surface area contributed by atoms with Crippen molar-refractivity contribution in [2.75, 3.05) is 19.6 Å². The van der Waals surface area contributed by atoms with E-state index in [4.69, 9.17) is 9.47 Å². The average Bonchev–Trinajstić information content (AvgIpc) is 3.33. The molecule has 5 aliphatic rings. The van der Waals surface area contributed by atoms with Crippen molar-refractivity contribution in [2.24, 2.45) is 5.92 Å². The third-order valence-electron chi connectivity index (χ3n) is 10.1. The third-order valence-corrected chi connectivity index (χ3v) is 11.6. The smallest absolute Gasteiger partial charge is 0.410 e. The Kier molecular flexibility index (Phi) is 10.4. The van der Waals surface area contributed by atoms with E-state index in [1.165, 1.54) is 4.90 Å². The van der Waals surface area contributed by atoms with Gasteiger partial charge in [0.1, 0.15) is 29.3 Å². The molecule has 4 heterocycles. The van der Waals surface area contributed by atoms with E-state index in [9.17, 15) is 32.4 Å². The first-order valence-electron chi connectivity index (χ1n) is 17.8. The largest absolute Gasteiger partial charge is 0.444 e. The summed E-state index contributed by atoms with van der Waals surface area (Å²) in [5.74, 6) is -2.55. The lowest BCUT2D eigenvalue weighted by Gasteiger charge is -2.31.